The van der Waals surface area contributed by atoms with E-state index in [0.717, 1.165) is 11.1 Å². The van der Waals surface area contributed by atoms with Crippen LogP contribution in [0.1, 0.15) is 35.3 Å². The van der Waals surface area contributed by atoms with Crippen LogP contribution in [-0.4, -0.2) is 29.4 Å². The van der Waals surface area contributed by atoms with E-state index in [0.29, 0.717) is 19.0 Å². The summed E-state index contributed by atoms with van der Waals surface area (Å²) in [5.74, 6) is 0.501. The molecule has 3 heteroatoms. The molecule has 0 spiro atoms. The van der Waals surface area contributed by atoms with Gasteiger partial charge in [0.05, 0.1) is 5.54 Å². The van der Waals surface area contributed by atoms with Crippen molar-refractivity contribution >= 4 is 5.91 Å². The Kier molecular flexibility index (Phi) is 3.20. The summed E-state index contributed by atoms with van der Waals surface area (Å²) < 4.78 is 0. The van der Waals surface area contributed by atoms with Crippen LogP contribution in [0, 0.1) is 19.8 Å². The van der Waals surface area contributed by atoms with Crippen molar-refractivity contribution in [3.8, 4) is 0 Å². The Morgan fingerprint density at radius 2 is 1.89 bits per heavy atom. The van der Waals surface area contributed by atoms with Crippen LogP contribution >= 0.6 is 0 Å². The highest BCUT2D eigenvalue weighted by molar-refractivity contribution is 5.95. The summed E-state index contributed by atoms with van der Waals surface area (Å²) in [5.41, 5.74) is 9.15. The highest BCUT2D eigenvalue weighted by atomic mass is 16.2. The molecular formula is C15H22N2O. The van der Waals surface area contributed by atoms with E-state index in [9.17, 15) is 4.79 Å². The molecule has 0 saturated carbocycles. The highest BCUT2D eigenvalue weighted by Gasteiger charge is 2.44. The molecule has 1 aromatic carbocycles. The van der Waals surface area contributed by atoms with Gasteiger partial charge in [-0.15, -0.1) is 0 Å². The van der Waals surface area contributed by atoms with Crippen LogP contribution in [-0.2, 0) is 0 Å². The lowest BCUT2D eigenvalue weighted by atomic mass is 9.80. The summed E-state index contributed by atoms with van der Waals surface area (Å²) in [4.78, 5) is 14.1. The summed E-state index contributed by atoms with van der Waals surface area (Å²) in [6.45, 7) is 9.63. The molecule has 1 fully saturated rings. The molecule has 0 radical (unpaired) electrons. The Hall–Kier alpha value is -1.35. The van der Waals surface area contributed by atoms with Gasteiger partial charge in [0.2, 0.25) is 0 Å². The van der Waals surface area contributed by atoms with Crippen LogP contribution in [0.2, 0.25) is 0 Å². The fourth-order valence-corrected chi connectivity index (χ4v) is 2.23. The van der Waals surface area contributed by atoms with Crippen molar-refractivity contribution in [3.05, 3.63) is 34.9 Å². The van der Waals surface area contributed by atoms with Gasteiger partial charge >= 0.3 is 0 Å². The van der Waals surface area contributed by atoms with Crippen LogP contribution in [0.15, 0.2) is 18.2 Å². The molecule has 0 unspecified atom stereocenters. The molecule has 98 valence electrons. The van der Waals surface area contributed by atoms with E-state index in [2.05, 4.69) is 20.8 Å². The lowest BCUT2D eigenvalue weighted by Crippen LogP contribution is -2.71. The fraction of sp³-hybridized carbons (Fsp3) is 0.533. The van der Waals surface area contributed by atoms with Crippen LogP contribution < -0.4 is 5.73 Å². The molecule has 1 aromatic rings. The minimum Gasteiger partial charge on any atom is -0.335 e. The number of carbonyl (C=O) groups excluding carboxylic acids is 1. The van der Waals surface area contributed by atoms with Gasteiger partial charge in [-0.2, -0.15) is 0 Å². The molecule has 18 heavy (non-hydrogen) atoms. The van der Waals surface area contributed by atoms with Gasteiger partial charge in [-0.3, -0.25) is 4.79 Å². The molecule has 0 bridgehead atoms. The molecule has 3 nitrogen and oxygen atoms in total. The Labute approximate surface area is 109 Å². The number of hydrogen-bond donors (Lipinski definition) is 1. The Morgan fingerprint density at radius 3 is 2.39 bits per heavy atom. The minimum atomic E-state index is -0.199. The predicted molar refractivity (Wildman–Crippen MR) is 73.6 cm³/mol. The molecule has 0 aromatic heterocycles. The molecule has 1 aliphatic heterocycles. The van der Waals surface area contributed by atoms with Crippen LogP contribution in [0.3, 0.4) is 0 Å². The molecular weight excluding hydrogens is 224 g/mol. The average molecular weight is 246 g/mol. The summed E-state index contributed by atoms with van der Waals surface area (Å²) in [6.07, 6.45) is 0. The number of rotatable bonds is 2. The van der Waals surface area contributed by atoms with Gasteiger partial charge in [0.15, 0.2) is 0 Å². The highest BCUT2D eigenvalue weighted by Crippen LogP contribution is 2.27. The van der Waals surface area contributed by atoms with Crippen molar-refractivity contribution in [3.63, 3.8) is 0 Å². The van der Waals surface area contributed by atoms with E-state index in [-0.39, 0.29) is 11.4 Å². The summed E-state index contributed by atoms with van der Waals surface area (Å²) >= 11 is 0. The van der Waals surface area contributed by atoms with Crippen molar-refractivity contribution in [1.29, 1.82) is 0 Å². The van der Waals surface area contributed by atoms with Crippen molar-refractivity contribution in [2.24, 2.45) is 11.7 Å². The van der Waals surface area contributed by atoms with Gasteiger partial charge in [0, 0.05) is 18.7 Å². The minimum absolute atomic E-state index is 0.0971. The van der Waals surface area contributed by atoms with Gasteiger partial charge in [0.25, 0.3) is 5.91 Å². The van der Waals surface area contributed by atoms with Crippen molar-refractivity contribution in [1.82, 2.24) is 4.90 Å². The second-order valence-electron chi connectivity index (χ2n) is 5.85. The van der Waals surface area contributed by atoms with E-state index < -0.39 is 0 Å². The topological polar surface area (TPSA) is 46.3 Å². The molecule has 0 aliphatic carbocycles. The number of benzene rings is 1. The zero-order chi connectivity index (χ0) is 13.5. The largest absolute Gasteiger partial charge is 0.335 e. The quantitative estimate of drug-likeness (QED) is 0.868. The SMILES string of the molecule is Cc1ccc(C(=O)N2CC(N)(C(C)C)C2)cc1C. The number of likely N-dealkylation sites (tertiary alicyclic amines) is 1. The van der Waals surface area contributed by atoms with E-state index in [1.807, 2.05) is 30.0 Å². The average Bonchev–Trinajstić information content (AvgIpc) is 2.27. The summed E-state index contributed by atoms with van der Waals surface area (Å²) in [5, 5.41) is 0. The molecule has 0 atom stereocenters. The third-order valence-electron chi connectivity index (χ3n) is 4.16. The molecule has 1 aliphatic rings. The third-order valence-corrected chi connectivity index (χ3v) is 4.16. The van der Waals surface area contributed by atoms with Crippen molar-refractivity contribution in [2.45, 2.75) is 33.2 Å². The number of nitrogens with two attached hydrogens (primary N) is 1. The van der Waals surface area contributed by atoms with Crippen LogP contribution in [0.4, 0.5) is 0 Å². The van der Waals surface area contributed by atoms with Gasteiger partial charge < -0.3 is 10.6 Å². The van der Waals surface area contributed by atoms with Crippen molar-refractivity contribution in [2.75, 3.05) is 13.1 Å². The first kappa shape index (κ1) is 13.1. The number of amides is 1. The lowest BCUT2D eigenvalue weighted by Gasteiger charge is -2.50. The maximum atomic E-state index is 12.3. The first-order chi connectivity index (χ1) is 8.33. The van der Waals surface area contributed by atoms with Crippen molar-refractivity contribution < 1.29 is 4.79 Å². The molecule has 1 saturated heterocycles. The van der Waals surface area contributed by atoms with Gasteiger partial charge in [0.1, 0.15) is 0 Å². The monoisotopic (exact) mass is 246 g/mol. The summed E-state index contributed by atoms with van der Waals surface area (Å²) in [6, 6.07) is 5.86. The normalized spacial score (nSPS) is 17.8. The second kappa shape index (κ2) is 4.39. The first-order valence-corrected chi connectivity index (χ1v) is 6.49. The Morgan fingerprint density at radius 1 is 1.28 bits per heavy atom. The Balaban J connectivity index is 2.08. The number of hydrogen-bond acceptors (Lipinski definition) is 2. The molecule has 2 rings (SSSR count). The van der Waals surface area contributed by atoms with E-state index >= 15 is 0 Å². The first-order valence-electron chi connectivity index (χ1n) is 6.49. The van der Waals surface area contributed by atoms with Gasteiger partial charge in [-0.05, 0) is 43.0 Å². The number of carbonyl (C=O) groups is 1. The van der Waals surface area contributed by atoms with E-state index in [1.165, 1.54) is 5.56 Å². The lowest BCUT2D eigenvalue weighted by molar-refractivity contribution is 0.0275. The third kappa shape index (κ3) is 2.15. The molecule has 1 amide bonds. The predicted octanol–water partition coefficient (Wildman–Crippen LogP) is 2.11. The number of aryl methyl sites for hydroxylation is 2. The van der Waals surface area contributed by atoms with Crippen LogP contribution in [0.25, 0.3) is 0 Å². The maximum Gasteiger partial charge on any atom is 0.253 e. The van der Waals surface area contributed by atoms with E-state index in [4.69, 9.17) is 5.73 Å². The van der Waals surface area contributed by atoms with Gasteiger partial charge in [-0.1, -0.05) is 19.9 Å². The smallest absolute Gasteiger partial charge is 0.253 e. The zero-order valence-corrected chi connectivity index (χ0v) is 11.7. The number of nitrogens with zero attached hydrogens (tertiary/aromatic N) is 1. The van der Waals surface area contributed by atoms with E-state index in [1.54, 1.807) is 0 Å². The molecule has 1 heterocycles. The zero-order valence-electron chi connectivity index (χ0n) is 11.7. The summed E-state index contributed by atoms with van der Waals surface area (Å²) in [7, 11) is 0. The second-order valence-corrected chi connectivity index (χ2v) is 5.85. The Bertz CT molecular complexity index is 473. The van der Waals surface area contributed by atoms with Gasteiger partial charge in [-0.25, -0.2) is 0 Å². The standard InChI is InChI=1S/C15H22N2O/c1-10(2)15(16)8-17(9-15)14(18)13-6-5-11(3)12(4)7-13/h5-7,10H,8-9,16H2,1-4H3. The molecule has 2 N–H and O–H groups in total. The van der Waals surface area contributed by atoms with Crippen LogP contribution in [0.5, 0.6) is 0 Å². The fourth-order valence-electron chi connectivity index (χ4n) is 2.23. The maximum absolute atomic E-state index is 12.3.